The Kier molecular flexibility index (Phi) is 4.61. The molecule has 3 nitrogen and oxygen atoms in total. The molecule has 1 fully saturated rings. The minimum atomic E-state index is -0.127. The minimum Gasteiger partial charge on any atom is -0.325 e. The average molecular weight is 241 g/mol. The SMILES string of the molecule is CN(C)CC1CCCN1CC(C)(C)C(C)(C)N. The van der Waals surface area contributed by atoms with Crippen molar-refractivity contribution < 1.29 is 0 Å². The van der Waals surface area contributed by atoms with Crippen LogP contribution in [0.2, 0.25) is 0 Å². The van der Waals surface area contributed by atoms with E-state index in [4.69, 9.17) is 5.73 Å². The van der Waals surface area contributed by atoms with Gasteiger partial charge in [-0.2, -0.15) is 0 Å². The molecule has 0 spiro atoms. The van der Waals surface area contributed by atoms with Gasteiger partial charge in [-0.3, -0.25) is 4.90 Å². The lowest BCUT2D eigenvalue weighted by Crippen LogP contribution is -2.54. The van der Waals surface area contributed by atoms with Gasteiger partial charge in [-0.05, 0) is 52.7 Å². The van der Waals surface area contributed by atoms with Gasteiger partial charge in [-0.25, -0.2) is 0 Å². The number of nitrogens with two attached hydrogens (primary N) is 1. The number of rotatable bonds is 5. The smallest absolute Gasteiger partial charge is 0.0223 e. The highest BCUT2D eigenvalue weighted by atomic mass is 15.2. The summed E-state index contributed by atoms with van der Waals surface area (Å²) in [5.74, 6) is 0. The molecule has 0 aromatic rings. The van der Waals surface area contributed by atoms with Crippen LogP contribution >= 0.6 is 0 Å². The van der Waals surface area contributed by atoms with E-state index < -0.39 is 0 Å². The number of hydrogen-bond donors (Lipinski definition) is 1. The molecule has 0 radical (unpaired) electrons. The molecular formula is C14H31N3. The van der Waals surface area contributed by atoms with Gasteiger partial charge in [0.05, 0.1) is 0 Å². The summed E-state index contributed by atoms with van der Waals surface area (Å²) in [5.41, 5.74) is 6.33. The summed E-state index contributed by atoms with van der Waals surface area (Å²) in [6, 6.07) is 0.714. The fourth-order valence-electron chi connectivity index (χ4n) is 2.44. The summed E-state index contributed by atoms with van der Waals surface area (Å²) in [6.45, 7) is 12.4. The molecule has 0 aromatic heterocycles. The molecule has 1 saturated heterocycles. The lowest BCUT2D eigenvalue weighted by molar-refractivity contribution is 0.0957. The van der Waals surface area contributed by atoms with Crippen molar-refractivity contribution >= 4 is 0 Å². The molecule has 1 rings (SSSR count). The summed E-state index contributed by atoms with van der Waals surface area (Å²) in [6.07, 6.45) is 2.67. The molecule has 0 bridgehead atoms. The molecule has 1 atom stereocenters. The van der Waals surface area contributed by atoms with Gasteiger partial charge in [-0.1, -0.05) is 13.8 Å². The summed E-state index contributed by atoms with van der Waals surface area (Å²) in [4.78, 5) is 4.93. The lowest BCUT2D eigenvalue weighted by Gasteiger charge is -2.43. The Morgan fingerprint density at radius 2 is 1.82 bits per heavy atom. The van der Waals surface area contributed by atoms with E-state index in [2.05, 4.69) is 51.6 Å². The third-order valence-corrected chi connectivity index (χ3v) is 4.42. The van der Waals surface area contributed by atoms with Crippen molar-refractivity contribution in [3.8, 4) is 0 Å². The minimum absolute atomic E-state index is 0.127. The van der Waals surface area contributed by atoms with Gasteiger partial charge in [0.25, 0.3) is 0 Å². The standard InChI is InChI=1S/C14H31N3/c1-13(2,14(3,4)15)11-17-9-7-8-12(17)10-16(5)6/h12H,7-11,15H2,1-6H3. The van der Waals surface area contributed by atoms with Crippen LogP contribution in [-0.2, 0) is 0 Å². The van der Waals surface area contributed by atoms with E-state index in [1.807, 2.05) is 0 Å². The Morgan fingerprint density at radius 3 is 2.29 bits per heavy atom. The molecule has 0 aromatic carbocycles. The lowest BCUT2D eigenvalue weighted by atomic mass is 9.75. The van der Waals surface area contributed by atoms with Crippen molar-refractivity contribution in [3.63, 3.8) is 0 Å². The molecule has 1 aliphatic heterocycles. The van der Waals surface area contributed by atoms with E-state index in [9.17, 15) is 0 Å². The van der Waals surface area contributed by atoms with Gasteiger partial charge in [0.1, 0.15) is 0 Å². The first kappa shape index (κ1) is 14.9. The van der Waals surface area contributed by atoms with Crippen LogP contribution in [-0.4, -0.2) is 55.1 Å². The van der Waals surface area contributed by atoms with Gasteiger partial charge in [0, 0.05) is 24.7 Å². The van der Waals surface area contributed by atoms with E-state index in [1.54, 1.807) is 0 Å². The maximum Gasteiger partial charge on any atom is 0.0223 e. The first-order chi connectivity index (χ1) is 7.63. The fourth-order valence-corrected chi connectivity index (χ4v) is 2.44. The molecule has 1 unspecified atom stereocenters. The first-order valence-electron chi connectivity index (χ1n) is 6.81. The van der Waals surface area contributed by atoms with E-state index in [-0.39, 0.29) is 11.0 Å². The Morgan fingerprint density at radius 1 is 1.24 bits per heavy atom. The van der Waals surface area contributed by atoms with Gasteiger partial charge < -0.3 is 10.6 Å². The van der Waals surface area contributed by atoms with Crippen LogP contribution in [0.15, 0.2) is 0 Å². The molecule has 2 N–H and O–H groups in total. The monoisotopic (exact) mass is 241 g/mol. The number of nitrogens with zero attached hydrogens (tertiary/aromatic N) is 2. The second-order valence-corrected chi connectivity index (χ2v) is 7.13. The van der Waals surface area contributed by atoms with Gasteiger partial charge in [0.2, 0.25) is 0 Å². The zero-order valence-corrected chi connectivity index (χ0v) is 12.6. The maximum absolute atomic E-state index is 6.30. The summed E-state index contributed by atoms with van der Waals surface area (Å²) in [7, 11) is 4.32. The molecule has 0 amide bonds. The van der Waals surface area contributed by atoms with Crippen LogP contribution in [0.5, 0.6) is 0 Å². The molecule has 0 aliphatic carbocycles. The quantitative estimate of drug-likeness (QED) is 0.796. The molecule has 1 heterocycles. The van der Waals surface area contributed by atoms with E-state index in [0.717, 1.165) is 6.54 Å². The number of likely N-dealkylation sites (tertiary alicyclic amines) is 1. The number of hydrogen-bond acceptors (Lipinski definition) is 3. The van der Waals surface area contributed by atoms with Crippen molar-refractivity contribution in [3.05, 3.63) is 0 Å². The maximum atomic E-state index is 6.30. The van der Waals surface area contributed by atoms with Crippen LogP contribution in [0.3, 0.4) is 0 Å². The summed E-state index contributed by atoms with van der Waals surface area (Å²) in [5, 5.41) is 0. The Hall–Kier alpha value is -0.120. The highest BCUT2D eigenvalue weighted by molar-refractivity contribution is 4.94. The van der Waals surface area contributed by atoms with E-state index in [1.165, 1.54) is 25.9 Å². The summed E-state index contributed by atoms with van der Waals surface area (Å²) >= 11 is 0. The molecule has 102 valence electrons. The van der Waals surface area contributed by atoms with Gasteiger partial charge >= 0.3 is 0 Å². The van der Waals surface area contributed by atoms with Crippen LogP contribution in [0.4, 0.5) is 0 Å². The highest BCUT2D eigenvalue weighted by Crippen LogP contribution is 2.32. The normalized spacial score (nSPS) is 23.6. The zero-order chi connectivity index (χ0) is 13.3. The fraction of sp³-hybridized carbons (Fsp3) is 1.00. The topological polar surface area (TPSA) is 32.5 Å². The van der Waals surface area contributed by atoms with Gasteiger partial charge in [0.15, 0.2) is 0 Å². The van der Waals surface area contributed by atoms with E-state index in [0.29, 0.717) is 6.04 Å². The van der Waals surface area contributed by atoms with Crippen molar-refractivity contribution in [1.82, 2.24) is 9.80 Å². The van der Waals surface area contributed by atoms with Crippen LogP contribution in [0.1, 0.15) is 40.5 Å². The summed E-state index contributed by atoms with van der Waals surface area (Å²) < 4.78 is 0. The Bertz CT molecular complexity index is 240. The second-order valence-electron chi connectivity index (χ2n) is 7.13. The van der Waals surface area contributed by atoms with Gasteiger partial charge in [-0.15, -0.1) is 0 Å². The predicted octanol–water partition coefficient (Wildman–Crippen LogP) is 1.78. The third-order valence-electron chi connectivity index (χ3n) is 4.42. The second kappa shape index (κ2) is 5.25. The Labute approximate surface area is 107 Å². The van der Waals surface area contributed by atoms with Crippen molar-refractivity contribution in [2.75, 3.05) is 33.7 Å². The van der Waals surface area contributed by atoms with Crippen molar-refractivity contribution in [2.45, 2.75) is 52.1 Å². The van der Waals surface area contributed by atoms with Crippen LogP contribution < -0.4 is 5.73 Å². The van der Waals surface area contributed by atoms with Crippen LogP contribution in [0, 0.1) is 5.41 Å². The Balaban J connectivity index is 2.61. The van der Waals surface area contributed by atoms with Crippen molar-refractivity contribution in [1.29, 1.82) is 0 Å². The number of likely N-dealkylation sites (N-methyl/N-ethyl adjacent to an activating group) is 1. The molecule has 1 aliphatic rings. The van der Waals surface area contributed by atoms with Crippen LogP contribution in [0.25, 0.3) is 0 Å². The highest BCUT2D eigenvalue weighted by Gasteiger charge is 2.37. The molecular weight excluding hydrogens is 210 g/mol. The predicted molar refractivity (Wildman–Crippen MR) is 75.2 cm³/mol. The molecule has 3 heteroatoms. The molecule has 0 saturated carbocycles. The van der Waals surface area contributed by atoms with E-state index >= 15 is 0 Å². The first-order valence-corrected chi connectivity index (χ1v) is 6.81. The third kappa shape index (κ3) is 3.94. The average Bonchev–Trinajstić information content (AvgIpc) is 2.48. The molecule has 17 heavy (non-hydrogen) atoms. The zero-order valence-electron chi connectivity index (χ0n) is 12.6. The largest absolute Gasteiger partial charge is 0.325 e. The van der Waals surface area contributed by atoms with Crippen molar-refractivity contribution in [2.24, 2.45) is 11.1 Å².